The number of esters is 1. The van der Waals surface area contributed by atoms with Crippen LogP contribution in [0.2, 0.25) is 0 Å². The molecule has 1 amide bonds. The highest BCUT2D eigenvalue weighted by Crippen LogP contribution is 2.39. The third-order valence-corrected chi connectivity index (χ3v) is 3.54. The molecule has 0 fully saturated rings. The summed E-state index contributed by atoms with van der Waals surface area (Å²) in [6.45, 7) is 1.16. The predicted octanol–water partition coefficient (Wildman–Crippen LogP) is 2.45. The number of pyridine rings is 1. The van der Waals surface area contributed by atoms with Crippen molar-refractivity contribution >= 4 is 39.7 Å². The maximum absolute atomic E-state index is 12.0. The normalized spacial score (nSPS) is 10.5. The fourth-order valence-corrected chi connectivity index (χ4v) is 2.42. The van der Waals surface area contributed by atoms with Gasteiger partial charge in [-0.3, -0.25) is 24.7 Å². The highest BCUT2D eigenvalue weighted by molar-refractivity contribution is 9.10. The van der Waals surface area contributed by atoms with Crippen molar-refractivity contribution in [3.63, 3.8) is 0 Å². The second-order valence-electron chi connectivity index (χ2n) is 4.98. The zero-order valence-electron chi connectivity index (χ0n) is 14.1. The van der Waals surface area contributed by atoms with Gasteiger partial charge in [0.25, 0.3) is 5.91 Å². The van der Waals surface area contributed by atoms with Crippen LogP contribution in [0.3, 0.4) is 0 Å². The van der Waals surface area contributed by atoms with Gasteiger partial charge in [-0.1, -0.05) is 0 Å². The van der Waals surface area contributed by atoms with Crippen LogP contribution in [-0.4, -0.2) is 35.1 Å². The van der Waals surface area contributed by atoms with Gasteiger partial charge >= 0.3 is 11.7 Å². The van der Waals surface area contributed by atoms with E-state index < -0.39 is 22.5 Å². The molecule has 0 aliphatic carbocycles. The average Bonchev–Trinajstić information content (AvgIpc) is 2.61. The van der Waals surface area contributed by atoms with E-state index in [4.69, 9.17) is 9.47 Å². The molecule has 1 aromatic carbocycles. The van der Waals surface area contributed by atoms with Crippen LogP contribution >= 0.6 is 15.9 Å². The first kappa shape index (κ1) is 20.0. The lowest BCUT2D eigenvalue weighted by molar-refractivity contribution is -0.385. The molecule has 0 spiro atoms. The van der Waals surface area contributed by atoms with Gasteiger partial charge in [0.2, 0.25) is 5.75 Å². The molecule has 140 valence electrons. The molecule has 10 nitrogen and oxygen atoms in total. The van der Waals surface area contributed by atoms with Crippen molar-refractivity contribution in [3.8, 4) is 11.5 Å². The molecule has 2 aromatic rings. The lowest BCUT2D eigenvalue weighted by Crippen LogP contribution is -2.18. The summed E-state index contributed by atoms with van der Waals surface area (Å²) < 4.78 is 10.5. The van der Waals surface area contributed by atoms with E-state index in [1.165, 1.54) is 37.7 Å². The molecule has 0 unspecified atom stereocenters. The van der Waals surface area contributed by atoms with Crippen LogP contribution in [0.4, 0.5) is 5.69 Å². The SMILES string of the molecule is COc1c(OC(C)=O)ccc(/C=N\NC(=O)c2cncc(Br)c2)c1[N+](=O)[O-]. The monoisotopic (exact) mass is 436 g/mol. The number of rotatable bonds is 6. The summed E-state index contributed by atoms with van der Waals surface area (Å²) in [5.74, 6) is -1.54. The largest absolute Gasteiger partial charge is 0.488 e. The first-order chi connectivity index (χ1) is 12.8. The minimum atomic E-state index is -0.701. The number of aromatic nitrogens is 1. The Hall–Kier alpha value is -3.34. The van der Waals surface area contributed by atoms with Crippen molar-refractivity contribution in [1.29, 1.82) is 0 Å². The van der Waals surface area contributed by atoms with Crippen molar-refractivity contribution < 1.29 is 24.0 Å². The van der Waals surface area contributed by atoms with E-state index in [9.17, 15) is 19.7 Å². The first-order valence-electron chi connectivity index (χ1n) is 7.31. The number of ether oxygens (including phenoxy) is 2. The quantitative estimate of drug-likeness (QED) is 0.241. The average molecular weight is 437 g/mol. The molecule has 1 heterocycles. The molecule has 2 rings (SSSR count). The number of benzene rings is 1. The number of amides is 1. The number of methoxy groups -OCH3 is 1. The van der Waals surface area contributed by atoms with E-state index in [2.05, 4.69) is 31.4 Å². The predicted molar refractivity (Wildman–Crippen MR) is 98.0 cm³/mol. The fourth-order valence-electron chi connectivity index (χ4n) is 2.05. The van der Waals surface area contributed by atoms with Crippen LogP contribution in [0.5, 0.6) is 11.5 Å². The van der Waals surface area contributed by atoms with Gasteiger partial charge in [0.05, 0.1) is 29.4 Å². The molecular formula is C16H13BrN4O6. The van der Waals surface area contributed by atoms with Gasteiger partial charge in [-0.25, -0.2) is 5.43 Å². The van der Waals surface area contributed by atoms with Gasteiger partial charge in [0.15, 0.2) is 5.75 Å². The molecular weight excluding hydrogens is 424 g/mol. The summed E-state index contributed by atoms with van der Waals surface area (Å²) in [6, 6.07) is 4.18. The molecule has 0 radical (unpaired) electrons. The Morgan fingerprint density at radius 2 is 2.11 bits per heavy atom. The molecule has 27 heavy (non-hydrogen) atoms. The summed E-state index contributed by atoms with van der Waals surface area (Å²) in [7, 11) is 1.21. The van der Waals surface area contributed by atoms with Crippen molar-refractivity contribution in [3.05, 3.63) is 56.3 Å². The standard InChI is InChI=1S/C16H13BrN4O6/c1-9(22)27-13-4-3-10(14(21(24)25)15(13)26-2)7-19-20-16(23)11-5-12(17)8-18-6-11/h3-8H,1-2H3,(H,20,23)/b19-7-. The van der Waals surface area contributed by atoms with Crippen molar-refractivity contribution in [2.75, 3.05) is 7.11 Å². The summed E-state index contributed by atoms with van der Waals surface area (Å²) in [4.78, 5) is 37.7. The van der Waals surface area contributed by atoms with Crippen LogP contribution in [0.25, 0.3) is 0 Å². The molecule has 0 aliphatic rings. The van der Waals surface area contributed by atoms with E-state index in [0.717, 1.165) is 13.1 Å². The Kier molecular flexibility index (Phi) is 6.55. The van der Waals surface area contributed by atoms with E-state index in [-0.39, 0.29) is 22.6 Å². The van der Waals surface area contributed by atoms with E-state index in [1.54, 1.807) is 0 Å². The van der Waals surface area contributed by atoms with Gasteiger partial charge in [0, 0.05) is 23.8 Å². The van der Waals surface area contributed by atoms with Crippen LogP contribution in [-0.2, 0) is 4.79 Å². The number of nitro groups is 1. The minimum absolute atomic E-state index is 0.0421. The first-order valence-corrected chi connectivity index (χ1v) is 8.10. The van der Waals surface area contributed by atoms with E-state index >= 15 is 0 Å². The Labute approximate surface area is 161 Å². The number of hydrogen-bond acceptors (Lipinski definition) is 8. The summed E-state index contributed by atoms with van der Waals surface area (Å²) in [5, 5.41) is 15.1. The van der Waals surface area contributed by atoms with E-state index in [0.29, 0.717) is 4.47 Å². The van der Waals surface area contributed by atoms with Crippen LogP contribution < -0.4 is 14.9 Å². The lowest BCUT2D eigenvalue weighted by Gasteiger charge is -2.09. The van der Waals surface area contributed by atoms with Gasteiger partial charge in [-0.15, -0.1) is 0 Å². The van der Waals surface area contributed by atoms with Gasteiger partial charge in [0.1, 0.15) is 0 Å². The number of nitrogens with zero attached hydrogens (tertiary/aromatic N) is 3. The van der Waals surface area contributed by atoms with Gasteiger partial charge in [-0.2, -0.15) is 5.10 Å². The number of halogens is 1. The molecule has 1 N–H and O–H groups in total. The molecule has 0 atom stereocenters. The summed E-state index contributed by atoms with van der Waals surface area (Å²) in [5.41, 5.74) is 2.08. The van der Waals surface area contributed by atoms with Crippen LogP contribution in [0, 0.1) is 10.1 Å². The van der Waals surface area contributed by atoms with Gasteiger partial charge in [-0.05, 0) is 34.1 Å². The van der Waals surface area contributed by atoms with Crippen LogP contribution in [0.15, 0.2) is 40.2 Å². The molecule has 0 saturated carbocycles. The fraction of sp³-hybridized carbons (Fsp3) is 0.125. The maximum atomic E-state index is 12.0. The minimum Gasteiger partial charge on any atom is -0.488 e. The van der Waals surface area contributed by atoms with Crippen molar-refractivity contribution in [1.82, 2.24) is 10.4 Å². The summed E-state index contributed by atoms with van der Waals surface area (Å²) in [6.07, 6.45) is 3.94. The smallest absolute Gasteiger partial charge is 0.323 e. The second kappa shape index (κ2) is 8.85. The third-order valence-electron chi connectivity index (χ3n) is 3.10. The number of carbonyl (C=O) groups is 2. The number of carbonyl (C=O) groups excluding carboxylic acids is 2. The van der Waals surface area contributed by atoms with Crippen molar-refractivity contribution in [2.24, 2.45) is 5.10 Å². The highest BCUT2D eigenvalue weighted by Gasteiger charge is 2.25. The van der Waals surface area contributed by atoms with Crippen LogP contribution in [0.1, 0.15) is 22.8 Å². The number of nitro benzene ring substituents is 1. The molecule has 1 aromatic heterocycles. The molecule has 0 aliphatic heterocycles. The molecule has 0 saturated heterocycles. The Morgan fingerprint density at radius 1 is 1.37 bits per heavy atom. The van der Waals surface area contributed by atoms with Gasteiger partial charge < -0.3 is 9.47 Å². The van der Waals surface area contributed by atoms with E-state index in [1.807, 2.05) is 0 Å². The topological polar surface area (TPSA) is 133 Å². The lowest BCUT2D eigenvalue weighted by atomic mass is 10.1. The second-order valence-corrected chi connectivity index (χ2v) is 5.89. The van der Waals surface area contributed by atoms with Crippen molar-refractivity contribution in [2.45, 2.75) is 6.92 Å². The number of hydrazone groups is 1. The maximum Gasteiger partial charge on any atom is 0.323 e. The number of nitrogens with one attached hydrogen (secondary N) is 1. The zero-order chi connectivity index (χ0) is 20.0. The third kappa shape index (κ3) is 5.07. The number of hydrogen-bond donors (Lipinski definition) is 1. The molecule has 0 bridgehead atoms. The Morgan fingerprint density at radius 3 is 2.70 bits per heavy atom. The molecule has 11 heteroatoms. The highest BCUT2D eigenvalue weighted by atomic mass is 79.9. The summed E-state index contributed by atoms with van der Waals surface area (Å²) >= 11 is 3.19. The zero-order valence-corrected chi connectivity index (χ0v) is 15.7. The Balaban J connectivity index is 2.29. The Bertz CT molecular complexity index is 931.